The zero-order valence-electron chi connectivity index (χ0n) is 12.4. The minimum Gasteiger partial charge on any atom is -0.395 e. The molecule has 4 heteroatoms. The van der Waals surface area contributed by atoms with Crippen molar-refractivity contribution in [2.45, 2.75) is 45.1 Å². The summed E-state index contributed by atoms with van der Waals surface area (Å²) >= 11 is 0. The summed E-state index contributed by atoms with van der Waals surface area (Å²) in [7, 11) is 0. The van der Waals surface area contributed by atoms with Gasteiger partial charge in [-0.1, -0.05) is 30.7 Å². The minimum absolute atomic E-state index is 0.0454. The first-order valence-corrected chi connectivity index (χ1v) is 7.47. The topological polar surface area (TPSA) is 61.4 Å². The Balaban J connectivity index is 2.04. The first kappa shape index (κ1) is 15.4. The van der Waals surface area contributed by atoms with E-state index < -0.39 is 0 Å². The van der Waals surface area contributed by atoms with Crippen LogP contribution in [0.25, 0.3) is 0 Å². The highest BCUT2D eigenvalue weighted by molar-refractivity contribution is 5.91. The van der Waals surface area contributed by atoms with Crippen LogP contribution in [-0.4, -0.2) is 23.8 Å². The van der Waals surface area contributed by atoms with E-state index in [1.165, 1.54) is 12.8 Å². The molecule has 4 nitrogen and oxygen atoms in total. The van der Waals surface area contributed by atoms with E-state index in [-0.39, 0.29) is 12.6 Å². The second-order valence-corrected chi connectivity index (χ2v) is 5.40. The van der Waals surface area contributed by atoms with Crippen LogP contribution in [0, 0.1) is 18.8 Å². The van der Waals surface area contributed by atoms with Gasteiger partial charge in [-0.05, 0) is 37.5 Å². The minimum atomic E-state index is -0.170. The summed E-state index contributed by atoms with van der Waals surface area (Å²) in [6.07, 6.45) is 4.93. The summed E-state index contributed by atoms with van der Waals surface area (Å²) in [5.41, 5.74) is 2.58. The van der Waals surface area contributed by atoms with Gasteiger partial charge in [0.1, 0.15) is 0 Å². The zero-order chi connectivity index (χ0) is 15.1. The maximum Gasteiger partial charge on any atom is 0.319 e. The second kappa shape index (κ2) is 7.70. The van der Waals surface area contributed by atoms with Crippen molar-refractivity contribution in [3.63, 3.8) is 0 Å². The quantitative estimate of drug-likeness (QED) is 0.748. The predicted octanol–water partition coefficient (Wildman–Crippen LogP) is 2.79. The third-order valence-corrected chi connectivity index (χ3v) is 3.57. The molecule has 1 aromatic carbocycles. The summed E-state index contributed by atoms with van der Waals surface area (Å²) in [5.74, 6) is 5.90. The molecule has 112 valence electrons. The van der Waals surface area contributed by atoms with Gasteiger partial charge in [0.2, 0.25) is 0 Å². The number of amides is 2. The number of aryl methyl sites for hydroxylation is 1. The molecule has 1 aromatic rings. The zero-order valence-corrected chi connectivity index (χ0v) is 12.4. The van der Waals surface area contributed by atoms with Gasteiger partial charge in [0.05, 0.1) is 12.3 Å². The van der Waals surface area contributed by atoms with E-state index >= 15 is 0 Å². The van der Waals surface area contributed by atoms with Crippen LogP contribution in [0.15, 0.2) is 18.2 Å². The van der Waals surface area contributed by atoms with Crippen molar-refractivity contribution >= 4 is 11.7 Å². The molecule has 0 saturated heterocycles. The van der Waals surface area contributed by atoms with Crippen molar-refractivity contribution in [1.82, 2.24) is 5.32 Å². The number of benzene rings is 1. The summed E-state index contributed by atoms with van der Waals surface area (Å²) in [5, 5.41) is 14.7. The molecule has 2 amide bonds. The summed E-state index contributed by atoms with van der Waals surface area (Å²) < 4.78 is 0. The van der Waals surface area contributed by atoms with Crippen LogP contribution in [-0.2, 0) is 0 Å². The average Bonchev–Trinajstić information content (AvgIpc) is 2.95. The molecule has 1 aliphatic rings. The highest BCUT2D eigenvalue weighted by atomic mass is 16.2. The van der Waals surface area contributed by atoms with Crippen molar-refractivity contribution < 1.29 is 9.90 Å². The SMILES string of the molecule is Cc1ccc(NC(=O)NC2CCCC2)c(C#CCCO)c1. The van der Waals surface area contributed by atoms with Crippen LogP contribution >= 0.6 is 0 Å². The Morgan fingerprint density at radius 3 is 2.86 bits per heavy atom. The van der Waals surface area contributed by atoms with Crippen molar-refractivity contribution in [3.05, 3.63) is 29.3 Å². The molecule has 0 unspecified atom stereocenters. The molecule has 0 spiro atoms. The van der Waals surface area contributed by atoms with Crippen LogP contribution < -0.4 is 10.6 Å². The lowest BCUT2D eigenvalue weighted by atomic mass is 10.1. The fraction of sp³-hybridized carbons (Fsp3) is 0.471. The average molecular weight is 286 g/mol. The number of urea groups is 1. The van der Waals surface area contributed by atoms with Crippen LogP contribution in [0.3, 0.4) is 0 Å². The standard InChI is InChI=1S/C17H22N2O2/c1-13-9-10-16(14(12-13)6-4-5-11-20)19-17(21)18-15-7-2-3-8-15/h9-10,12,15,20H,2-3,5,7-8,11H2,1H3,(H2,18,19,21). The maximum absolute atomic E-state index is 12.0. The second-order valence-electron chi connectivity index (χ2n) is 5.40. The predicted molar refractivity (Wildman–Crippen MR) is 84.2 cm³/mol. The lowest BCUT2D eigenvalue weighted by molar-refractivity contribution is 0.248. The molecular formula is C17H22N2O2. The van der Waals surface area contributed by atoms with E-state index in [2.05, 4.69) is 22.5 Å². The number of nitrogens with one attached hydrogen (secondary N) is 2. The van der Waals surface area contributed by atoms with Gasteiger partial charge in [-0.25, -0.2) is 4.79 Å². The van der Waals surface area contributed by atoms with Crippen LogP contribution in [0.4, 0.5) is 10.5 Å². The van der Waals surface area contributed by atoms with E-state index in [1.807, 2.05) is 25.1 Å². The van der Waals surface area contributed by atoms with Crippen LogP contribution in [0.5, 0.6) is 0 Å². The first-order chi connectivity index (χ1) is 10.2. The van der Waals surface area contributed by atoms with E-state index in [9.17, 15) is 4.79 Å². The highest BCUT2D eigenvalue weighted by Crippen LogP contribution is 2.19. The summed E-state index contributed by atoms with van der Waals surface area (Å²) in [6.45, 7) is 2.03. The number of carbonyl (C=O) groups excluding carboxylic acids is 1. The van der Waals surface area contributed by atoms with Gasteiger partial charge in [0.25, 0.3) is 0 Å². The molecule has 1 saturated carbocycles. The highest BCUT2D eigenvalue weighted by Gasteiger charge is 2.17. The number of hydrogen-bond donors (Lipinski definition) is 3. The number of carbonyl (C=O) groups is 1. The number of hydrogen-bond acceptors (Lipinski definition) is 2. The Bertz CT molecular complexity index is 552. The Labute approximate surface area is 125 Å². The first-order valence-electron chi connectivity index (χ1n) is 7.47. The molecule has 0 radical (unpaired) electrons. The maximum atomic E-state index is 12.0. The lowest BCUT2D eigenvalue weighted by Gasteiger charge is -2.14. The van der Waals surface area contributed by atoms with Gasteiger partial charge in [-0.3, -0.25) is 0 Å². The Morgan fingerprint density at radius 2 is 2.14 bits per heavy atom. The number of rotatable bonds is 3. The third kappa shape index (κ3) is 4.80. The number of aliphatic hydroxyl groups excluding tert-OH is 1. The van der Waals surface area contributed by atoms with Gasteiger partial charge in [-0.2, -0.15) is 0 Å². The van der Waals surface area contributed by atoms with Crippen molar-refractivity contribution in [3.8, 4) is 11.8 Å². The Kier molecular flexibility index (Phi) is 5.65. The molecule has 2 rings (SSSR count). The van der Waals surface area contributed by atoms with E-state index in [0.717, 1.165) is 24.0 Å². The van der Waals surface area contributed by atoms with E-state index in [0.29, 0.717) is 18.2 Å². The molecule has 1 fully saturated rings. The Hall–Kier alpha value is -1.99. The molecule has 0 aliphatic heterocycles. The lowest BCUT2D eigenvalue weighted by Crippen LogP contribution is -2.36. The molecule has 1 aliphatic carbocycles. The van der Waals surface area contributed by atoms with Crippen LogP contribution in [0.2, 0.25) is 0 Å². The summed E-state index contributed by atoms with van der Waals surface area (Å²) in [4.78, 5) is 12.0. The van der Waals surface area contributed by atoms with Crippen molar-refractivity contribution in [2.24, 2.45) is 0 Å². The molecule has 21 heavy (non-hydrogen) atoms. The smallest absolute Gasteiger partial charge is 0.319 e. The van der Waals surface area contributed by atoms with Gasteiger partial charge >= 0.3 is 6.03 Å². The molecule has 0 atom stereocenters. The molecule has 0 aromatic heterocycles. The number of anilines is 1. The van der Waals surface area contributed by atoms with E-state index in [4.69, 9.17) is 5.11 Å². The summed E-state index contributed by atoms with van der Waals surface area (Å²) in [6, 6.07) is 5.88. The normalized spacial score (nSPS) is 14.4. The van der Waals surface area contributed by atoms with Crippen molar-refractivity contribution in [2.75, 3.05) is 11.9 Å². The Morgan fingerprint density at radius 1 is 1.38 bits per heavy atom. The molecular weight excluding hydrogens is 264 g/mol. The molecule has 0 bridgehead atoms. The third-order valence-electron chi connectivity index (χ3n) is 3.57. The molecule has 3 N–H and O–H groups in total. The van der Waals surface area contributed by atoms with Gasteiger partial charge < -0.3 is 15.7 Å². The number of aliphatic hydroxyl groups is 1. The largest absolute Gasteiger partial charge is 0.395 e. The van der Waals surface area contributed by atoms with Crippen molar-refractivity contribution in [1.29, 1.82) is 0 Å². The van der Waals surface area contributed by atoms with Gasteiger partial charge in [-0.15, -0.1) is 0 Å². The monoisotopic (exact) mass is 286 g/mol. The fourth-order valence-electron chi connectivity index (χ4n) is 2.50. The van der Waals surface area contributed by atoms with E-state index in [1.54, 1.807) is 0 Å². The van der Waals surface area contributed by atoms with Crippen LogP contribution in [0.1, 0.15) is 43.2 Å². The van der Waals surface area contributed by atoms with Gasteiger partial charge in [0, 0.05) is 18.0 Å². The molecule has 0 heterocycles. The van der Waals surface area contributed by atoms with Gasteiger partial charge in [0.15, 0.2) is 0 Å². The fourth-order valence-corrected chi connectivity index (χ4v) is 2.50.